The minimum Gasteiger partial charge on any atom is -0.361 e. The molecule has 1 N–H and O–H groups in total. The molecule has 7 heteroatoms. The van der Waals surface area contributed by atoms with Gasteiger partial charge >= 0.3 is 0 Å². The van der Waals surface area contributed by atoms with E-state index in [0.29, 0.717) is 41.7 Å². The Morgan fingerprint density at radius 3 is 2.31 bits per heavy atom. The molecule has 39 heavy (non-hydrogen) atoms. The molecule has 0 saturated carbocycles. The van der Waals surface area contributed by atoms with E-state index in [1.807, 2.05) is 59.6 Å². The van der Waals surface area contributed by atoms with Crippen molar-refractivity contribution in [1.29, 1.82) is 0 Å². The molecule has 4 aromatic rings. The maximum Gasteiger partial charge on any atom is 0.254 e. The Kier molecular flexibility index (Phi) is 10.1. The summed E-state index contributed by atoms with van der Waals surface area (Å²) in [6.07, 6.45) is 5.35. The van der Waals surface area contributed by atoms with Crippen LogP contribution in [0.25, 0.3) is 10.9 Å². The number of carbonyl (C=O) groups is 2. The number of hydrogen-bond acceptors (Lipinski definition) is 2. The number of nitrogens with zero attached hydrogens (tertiary/aromatic N) is 2. The number of amides is 2. The number of carbonyl (C=O) groups excluding carboxylic acids is 2. The predicted molar refractivity (Wildman–Crippen MR) is 161 cm³/mol. The van der Waals surface area contributed by atoms with E-state index in [1.165, 1.54) is 5.56 Å². The maximum absolute atomic E-state index is 13.8. The van der Waals surface area contributed by atoms with Crippen LogP contribution in [-0.2, 0) is 24.2 Å². The van der Waals surface area contributed by atoms with Gasteiger partial charge in [-0.05, 0) is 66.3 Å². The van der Waals surface area contributed by atoms with Crippen LogP contribution >= 0.6 is 23.2 Å². The van der Waals surface area contributed by atoms with Crippen LogP contribution in [0.2, 0.25) is 10.0 Å². The van der Waals surface area contributed by atoms with Crippen LogP contribution in [0.1, 0.15) is 53.7 Å². The van der Waals surface area contributed by atoms with Gasteiger partial charge in [0.15, 0.2) is 0 Å². The molecule has 0 bridgehead atoms. The fourth-order valence-corrected chi connectivity index (χ4v) is 5.00. The average Bonchev–Trinajstić information content (AvgIpc) is 3.37. The number of halogens is 2. The van der Waals surface area contributed by atoms with Gasteiger partial charge in [-0.3, -0.25) is 9.59 Å². The molecule has 0 aliphatic heterocycles. The van der Waals surface area contributed by atoms with Crippen LogP contribution in [0.15, 0.2) is 72.9 Å². The molecule has 3 aromatic carbocycles. The van der Waals surface area contributed by atoms with E-state index in [1.54, 1.807) is 17.0 Å². The fourth-order valence-electron chi connectivity index (χ4n) is 4.67. The Bertz CT molecular complexity index is 1410. The molecule has 1 aromatic heterocycles. The lowest BCUT2D eigenvalue weighted by molar-refractivity contribution is -0.132. The van der Waals surface area contributed by atoms with Gasteiger partial charge in [0.25, 0.3) is 5.91 Å². The Balaban J connectivity index is 1.55. The number of aryl methyl sites for hydroxylation is 1. The van der Waals surface area contributed by atoms with Gasteiger partial charge in [-0.2, -0.15) is 0 Å². The standard InChI is InChI=1S/C32H35Cl2N3O2/c1-3-5-17-37(32(39)25-13-10-23(4-2)11-14-25)22-31(38)36(21-24-12-15-28(33)29(34)19-24)18-16-26-20-35-30-9-7-6-8-27(26)30/h6-15,19-20,35H,3-5,16-18,21-22H2,1-2H3. The molecule has 0 unspecified atom stereocenters. The topological polar surface area (TPSA) is 56.4 Å². The highest BCUT2D eigenvalue weighted by Crippen LogP contribution is 2.24. The van der Waals surface area contributed by atoms with Crippen molar-refractivity contribution >= 4 is 45.9 Å². The number of nitrogens with one attached hydrogen (secondary N) is 1. The molecule has 1 heterocycles. The summed E-state index contributed by atoms with van der Waals surface area (Å²) in [5, 5.41) is 2.07. The molecule has 5 nitrogen and oxygen atoms in total. The molecular weight excluding hydrogens is 529 g/mol. The van der Waals surface area contributed by atoms with Crippen molar-refractivity contribution < 1.29 is 9.59 Å². The minimum atomic E-state index is -0.120. The first-order chi connectivity index (χ1) is 18.9. The number of fused-ring (bicyclic) bond motifs is 1. The quantitative estimate of drug-likeness (QED) is 0.193. The van der Waals surface area contributed by atoms with E-state index < -0.39 is 0 Å². The number of para-hydroxylation sites is 1. The van der Waals surface area contributed by atoms with E-state index >= 15 is 0 Å². The van der Waals surface area contributed by atoms with Gasteiger partial charge in [0, 0.05) is 42.3 Å². The summed E-state index contributed by atoms with van der Waals surface area (Å²) in [7, 11) is 0. The van der Waals surface area contributed by atoms with Crippen molar-refractivity contribution in [2.24, 2.45) is 0 Å². The number of unbranched alkanes of at least 4 members (excludes halogenated alkanes) is 1. The van der Waals surface area contributed by atoms with E-state index in [0.717, 1.165) is 41.3 Å². The molecule has 0 spiro atoms. The summed E-state index contributed by atoms with van der Waals surface area (Å²) in [6.45, 7) is 5.59. The predicted octanol–water partition coefficient (Wildman–Crippen LogP) is 7.55. The van der Waals surface area contributed by atoms with Crippen LogP contribution < -0.4 is 0 Å². The molecule has 0 atom stereocenters. The van der Waals surface area contributed by atoms with Crippen LogP contribution in [0, 0.1) is 0 Å². The second-order valence-electron chi connectivity index (χ2n) is 9.80. The highest BCUT2D eigenvalue weighted by atomic mass is 35.5. The van der Waals surface area contributed by atoms with Crippen molar-refractivity contribution in [1.82, 2.24) is 14.8 Å². The van der Waals surface area contributed by atoms with Crippen molar-refractivity contribution in [3.8, 4) is 0 Å². The molecule has 0 saturated heterocycles. The zero-order valence-electron chi connectivity index (χ0n) is 22.6. The third-order valence-corrected chi connectivity index (χ3v) is 7.78. The fraction of sp³-hybridized carbons (Fsp3) is 0.312. The third-order valence-electron chi connectivity index (χ3n) is 7.04. The monoisotopic (exact) mass is 563 g/mol. The molecule has 4 rings (SSSR count). The maximum atomic E-state index is 13.8. The Hall–Kier alpha value is -3.28. The first kappa shape index (κ1) is 28.7. The van der Waals surface area contributed by atoms with Gasteiger partial charge < -0.3 is 14.8 Å². The van der Waals surface area contributed by atoms with Gasteiger partial charge in [-0.15, -0.1) is 0 Å². The lowest BCUT2D eigenvalue weighted by Crippen LogP contribution is -2.43. The van der Waals surface area contributed by atoms with Crippen LogP contribution in [-0.4, -0.2) is 46.2 Å². The van der Waals surface area contributed by atoms with E-state index in [4.69, 9.17) is 23.2 Å². The number of benzene rings is 3. The summed E-state index contributed by atoms with van der Waals surface area (Å²) >= 11 is 12.4. The lowest BCUT2D eigenvalue weighted by Gasteiger charge is -2.28. The molecule has 204 valence electrons. The second kappa shape index (κ2) is 13.7. The summed E-state index contributed by atoms with van der Waals surface area (Å²) in [5.74, 6) is -0.221. The highest BCUT2D eigenvalue weighted by Gasteiger charge is 2.23. The van der Waals surface area contributed by atoms with E-state index in [9.17, 15) is 9.59 Å². The second-order valence-corrected chi connectivity index (χ2v) is 10.6. The van der Waals surface area contributed by atoms with E-state index in [2.05, 4.69) is 24.9 Å². The van der Waals surface area contributed by atoms with Gasteiger partial charge in [0.1, 0.15) is 6.54 Å². The Labute approximate surface area is 240 Å². The van der Waals surface area contributed by atoms with Crippen LogP contribution in [0.3, 0.4) is 0 Å². The zero-order chi connectivity index (χ0) is 27.8. The summed E-state index contributed by atoms with van der Waals surface area (Å²) in [4.78, 5) is 34.1. The van der Waals surface area contributed by atoms with E-state index in [-0.39, 0.29) is 18.4 Å². The smallest absolute Gasteiger partial charge is 0.254 e. The van der Waals surface area contributed by atoms with Crippen LogP contribution in [0.4, 0.5) is 0 Å². The van der Waals surface area contributed by atoms with Crippen molar-refractivity contribution in [2.45, 2.75) is 46.1 Å². The average molecular weight is 565 g/mol. The number of hydrogen-bond donors (Lipinski definition) is 1. The molecule has 0 aliphatic carbocycles. The number of rotatable bonds is 12. The van der Waals surface area contributed by atoms with Gasteiger partial charge in [0.2, 0.25) is 5.91 Å². The third kappa shape index (κ3) is 7.43. The minimum absolute atomic E-state index is 0.0174. The summed E-state index contributed by atoms with van der Waals surface area (Å²) in [5.41, 5.74) is 4.88. The number of aromatic amines is 1. The number of aromatic nitrogens is 1. The summed E-state index contributed by atoms with van der Waals surface area (Å²) < 4.78 is 0. The zero-order valence-corrected chi connectivity index (χ0v) is 24.1. The summed E-state index contributed by atoms with van der Waals surface area (Å²) in [6, 6.07) is 21.2. The van der Waals surface area contributed by atoms with Gasteiger partial charge in [-0.25, -0.2) is 0 Å². The number of H-pyrrole nitrogens is 1. The normalized spacial score (nSPS) is 11.1. The Morgan fingerprint density at radius 1 is 0.846 bits per heavy atom. The Morgan fingerprint density at radius 2 is 1.59 bits per heavy atom. The largest absolute Gasteiger partial charge is 0.361 e. The molecule has 0 aliphatic rings. The lowest BCUT2D eigenvalue weighted by atomic mass is 10.1. The van der Waals surface area contributed by atoms with Crippen molar-refractivity contribution in [3.05, 3.63) is 105 Å². The van der Waals surface area contributed by atoms with Crippen LogP contribution in [0.5, 0.6) is 0 Å². The van der Waals surface area contributed by atoms with Crippen molar-refractivity contribution in [3.63, 3.8) is 0 Å². The van der Waals surface area contributed by atoms with Gasteiger partial charge in [0.05, 0.1) is 10.0 Å². The van der Waals surface area contributed by atoms with Gasteiger partial charge in [-0.1, -0.05) is 79.9 Å². The molecular formula is C32H35Cl2N3O2. The van der Waals surface area contributed by atoms with Crippen molar-refractivity contribution in [2.75, 3.05) is 19.6 Å². The highest BCUT2D eigenvalue weighted by molar-refractivity contribution is 6.42. The first-order valence-electron chi connectivity index (χ1n) is 13.5. The molecule has 0 fully saturated rings. The molecule has 0 radical (unpaired) electrons. The SMILES string of the molecule is CCCCN(CC(=O)N(CCc1c[nH]c2ccccc12)Cc1ccc(Cl)c(Cl)c1)C(=O)c1ccc(CC)cc1. The first-order valence-corrected chi connectivity index (χ1v) is 14.3. The molecule has 2 amide bonds.